The normalized spacial score (nSPS) is 29.4. The van der Waals surface area contributed by atoms with E-state index in [1.165, 1.54) is 4.90 Å². The number of rotatable bonds is 2. The van der Waals surface area contributed by atoms with E-state index in [1.807, 2.05) is 0 Å². The van der Waals surface area contributed by atoms with Crippen LogP contribution in [0.25, 0.3) is 16.7 Å². The number of Topliss-reactive ketones (excluding diaryl/α,β-unsaturated/α-hetero) is 2. The molecule has 0 radical (unpaired) electrons. The van der Waals surface area contributed by atoms with Crippen LogP contribution in [0.3, 0.4) is 0 Å². The Labute approximate surface area is 187 Å². The minimum atomic E-state index is -2.63. The number of fused-ring (bicyclic) bond motifs is 4. The van der Waals surface area contributed by atoms with E-state index in [0.717, 1.165) is 0 Å². The third kappa shape index (κ3) is 2.53. The molecule has 10 heteroatoms. The van der Waals surface area contributed by atoms with Gasteiger partial charge in [-0.2, -0.15) is 0 Å². The number of aromatic nitrogens is 1. The molecule has 0 saturated heterocycles. The first kappa shape index (κ1) is 21.2. The molecule has 172 valence electrons. The highest BCUT2D eigenvalue weighted by molar-refractivity contribution is 6.24. The fourth-order valence-corrected chi connectivity index (χ4v) is 5.82. The number of likely N-dealkylation sites (N-methyl/N-ethyl adjacent to an activating group) is 1. The number of aromatic hydroxyl groups is 1. The Bertz CT molecular complexity index is 1340. The Morgan fingerprint density at radius 1 is 1.24 bits per heavy atom. The number of phenolic OH excluding ortho intramolecular Hbond substituents is 1. The fraction of sp³-hybridized carbons (Fsp3) is 0.348. The second kappa shape index (κ2) is 6.69. The molecule has 1 heterocycles. The molecule has 1 saturated carbocycles. The van der Waals surface area contributed by atoms with Gasteiger partial charge >= 0.3 is 0 Å². The summed E-state index contributed by atoms with van der Waals surface area (Å²) < 4.78 is 0. The molecule has 0 aliphatic heterocycles. The Kier molecular flexibility index (Phi) is 4.30. The number of nitrogens with two attached hydrogens (primary N) is 1. The molecule has 4 atom stereocenters. The molecule has 1 aromatic carbocycles. The second-order valence-electron chi connectivity index (χ2n) is 9.16. The smallest absolute Gasteiger partial charge is 0.255 e. The van der Waals surface area contributed by atoms with E-state index in [9.17, 15) is 34.8 Å². The number of nitrogens with one attached hydrogen (secondary N) is 1. The summed E-state index contributed by atoms with van der Waals surface area (Å²) in [6.07, 6.45) is 1.96. The summed E-state index contributed by atoms with van der Waals surface area (Å²) >= 11 is 0. The molecule has 2 unspecified atom stereocenters. The lowest BCUT2D eigenvalue weighted by Gasteiger charge is -2.50. The standard InChI is InChI=1S/C23H23N3O7/c1-26(2)16-11-6-8-5-9-7-12-10(3-4-25-12)17(27)13(9)18(28)14(8)20(30)23(11,33)21(31)15(19(16)29)22(24)32/h3-4,7-8,11,16,25,27-28,31,33H,5-6H2,1-2H3,(H2,24,32)/t8?,11?,16-,23-/m0/s1. The van der Waals surface area contributed by atoms with Crippen molar-refractivity contribution in [2.45, 2.75) is 24.5 Å². The van der Waals surface area contributed by atoms with Crippen LogP contribution < -0.4 is 5.73 Å². The van der Waals surface area contributed by atoms with Crippen molar-refractivity contribution in [2.75, 3.05) is 14.1 Å². The van der Waals surface area contributed by atoms with E-state index in [4.69, 9.17) is 5.73 Å². The van der Waals surface area contributed by atoms with Gasteiger partial charge in [-0.3, -0.25) is 19.3 Å². The predicted molar refractivity (Wildman–Crippen MR) is 116 cm³/mol. The predicted octanol–water partition coefficient (Wildman–Crippen LogP) is 0.445. The number of carbonyl (C=O) groups is 3. The topological polar surface area (TPSA) is 177 Å². The van der Waals surface area contributed by atoms with E-state index in [0.29, 0.717) is 16.5 Å². The number of aromatic amines is 1. The number of aliphatic hydroxyl groups is 3. The van der Waals surface area contributed by atoms with Crippen LogP contribution in [0, 0.1) is 11.8 Å². The number of hydrogen-bond donors (Lipinski definition) is 6. The molecule has 3 aliphatic carbocycles. The minimum Gasteiger partial charge on any atom is -0.508 e. The number of phenols is 1. The maximum atomic E-state index is 13.7. The van der Waals surface area contributed by atoms with Crippen molar-refractivity contribution in [3.05, 3.63) is 46.4 Å². The van der Waals surface area contributed by atoms with Gasteiger partial charge in [0.1, 0.15) is 22.8 Å². The van der Waals surface area contributed by atoms with Gasteiger partial charge in [-0.05, 0) is 50.6 Å². The largest absolute Gasteiger partial charge is 0.508 e. The van der Waals surface area contributed by atoms with Gasteiger partial charge in [0.05, 0.1) is 11.6 Å². The average molecular weight is 453 g/mol. The third-order valence-corrected chi connectivity index (χ3v) is 7.24. The zero-order chi connectivity index (χ0) is 24.0. The zero-order valence-electron chi connectivity index (χ0n) is 17.9. The fourth-order valence-electron chi connectivity index (χ4n) is 5.82. The molecule has 2 aromatic rings. The summed E-state index contributed by atoms with van der Waals surface area (Å²) in [5, 5.41) is 44.7. The first-order valence-electron chi connectivity index (χ1n) is 10.5. The monoisotopic (exact) mass is 453 g/mol. The lowest BCUT2D eigenvalue weighted by atomic mass is 9.57. The van der Waals surface area contributed by atoms with Crippen molar-refractivity contribution in [2.24, 2.45) is 17.6 Å². The number of hydrogen-bond acceptors (Lipinski definition) is 8. The van der Waals surface area contributed by atoms with Gasteiger partial charge in [0.15, 0.2) is 11.4 Å². The third-order valence-electron chi connectivity index (χ3n) is 7.24. The molecular weight excluding hydrogens is 430 g/mol. The summed E-state index contributed by atoms with van der Waals surface area (Å²) in [5.74, 6) is -6.51. The number of amides is 1. The highest BCUT2D eigenvalue weighted by Crippen LogP contribution is 2.53. The summed E-state index contributed by atoms with van der Waals surface area (Å²) in [4.78, 5) is 43.2. The molecule has 3 aliphatic rings. The number of carbonyl (C=O) groups excluding carboxylic acids is 3. The average Bonchev–Trinajstić information content (AvgIpc) is 3.19. The van der Waals surface area contributed by atoms with Crippen molar-refractivity contribution in [3.8, 4) is 5.75 Å². The van der Waals surface area contributed by atoms with Gasteiger partial charge in [-0.1, -0.05) is 0 Å². The van der Waals surface area contributed by atoms with Crippen LogP contribution >= 0.6 is 0 Å². The van der Waals surface area contributed by atoms with Gasteiger partial charge in [0, 0.05) is 28.6 Å². The Balaban J connectivity index is 1.76. The maximum absolute atomic E-state index is 13.7. The Morgan fingerprint density at radius 2 is 1.94 bits per heavy atom. The maximum Gasteiger partial charge on any atom is 0.255 e. The van der Waals surface area contributed by atoms with E-state index in [2.05, 4.69) is 4.98 Å². The quantitative estimate of drug-likeness (QED) is 0.355. The Hall–Kier alpha value is -3.63. The molecule has 1 aromatic heterocycles. The number of aliphatic hydroxyl groups excluding tert-OH is 2. The van der Waals surface area contributed by atoms with Crippen molar-refractivity contribution >= 4 is 34.1 Å². The van der Waals surface area contributed by atoms with Crippen LogP contribution in [0.2, 0.25) is 0 Å². The van der Waals surface area contributed by atoms with Gasteiger partial charge < -0.3 is 31.1 Å². The van der Waals surface area contributed by atoms with Crippen LogP contribution in [0.4, 0.5) is 0 Å². The highest BCUT2D eigenvalue weighted by atomic mass is 16.3. The van der Waals surface area contributed by atoms with Crippen LogP contribution in [0.5, 0.6) is 5.75 Å². The first-order valence-corrected chi connectivity index (χ1v) is 10.5. The Morgan fingerprint density at radius 3 is 2.58 bits per heavy atom. The van der Waals surface area contributed by atoms with Crippen molar-refractivity contribution in [1.29, 1.82) is 0 Å². The highest BCUT2D eigenvalue weighted by Gasteiger charge is 2.64. The SMILES string of the molecule is CN(C)[C@@H]1C(=O)C(C(N)=O)=C(O)[C@@]2(O)C(=O)C3=C(O)c4c(cc5[nH]ccc5c4O)CC3CC12. The summed E-state index contributed by atoms with van der Waals surface area (Å²) in [7, 11) is 3.13. The minimum absolute atomic E-state index is 0.0648. The number of primary amides is 1. The van der Waals surface area contributed by atoms with Gasteiger partial charge in [0.2, 0.25) is 5.78 Å². The molecule has 1 amide bonds. The van der Waals surface area contributed by atoms with Crippen LogP contribution in [-0.2, 0) is 20.8 Å². The number of H-pyrrole nitrogens is 1. The van der Waals surface area contributed by atoms with E-state index in [1.54, 1.807) is 32.4 Å². The van der Waals surface area contributed by atoms with Crippen LogP contribution in [0.1, 0.15) is 17.5 Å². The van der Waals surface area contributed by atoms with E-state index in [-0.39, 0.29) is 29.7 Å². The van der Waals surface area contributed by atoms with Crippen LogP contribution in [0.15, 0.2) is 35.2 Å². The molecule has 5 rings (SSSR count). The number of nitrogens with zero attached hydrogens (tertiary/aromatic N) is 1. The molecular formula is C23H23N3O7. The van der Waals surface area contributed by atoms with Crippen molar-refractivity contribution in [3.63, 3.8) is 0 Å². The molecule has 0 bridgehead atoms. The summed E-state index contributed by atoms with van der Waals surface area (Å²) in [5.41, 5.74) is 3.04. The summed E-state index contributed by atoms with van der Waals surface area (Å²) in [6.45, 7) is 0. The number of benzene rings is 1. The van der Waals surface area contributed by atoms with Gasteiger partial charge in [0.25, 0.3) is 5.91 Å². The molecule has 0 spiro atoms. The lowest BCUT2D eigenvalue weighted by molar-refractivity contribution is -0.153. The molecule has 7 N–H and O–H groups in total. The van der Waals surface area contributed by atoms with E-state index >= 15 is 0 Å². The van der Waals surface area contributed by atoms with Gasteiger partial charge in [-0.25, -0.2) is 0 Å². The molecule has 1 fully saturated rings. The van der Waals surface area contributed by atoms with Crippen LogP contribution in [-0.4, -0.2) is 73.5 Å². The molecule has 10 nitrogen and oxygen atoms in total. The number of ketones is 2. The lowest BCUT2D eigenvalue weighted by Crippen LogP contribution is -2.65. The summed E-state index contributed by atoms with van der Waals surface area (Å²) in [6, 6.07) is 2.31. The first-order chi connectivity index (χ1) is 15.5. The molecule has 33 heavy (non-hydrogen) atoms. The van der Waals surface area contributed by atoms with Crippen molar-refractivity contribution in [1.82, 2.24) is 9.88 Å². The zero-order valence-corrected chi connectivity index (χ0v) is 17.9. The van der Waals surface area contributed by atoms with Crippen molar-refractivity contribution < 1.29 is 34.8 Å². The van der Waals surface area contributed by atoms with E-state index < -0.39 is 58.0 Å². The second-order valence-corrected chi connectivity index (χ2v) is 9.16. The van der Waals surface area contributed by atoms with Gasteiger partial charge in [-0.15, -0.1) is 0 Å².